The molecule has 5 nitrogen and oxygen atoms in total. The first-order chi connectivity index (χ1) is 12.6. The van der Waals surface area contributed by atoms with Crippen molar-refractivity contribution in [1.29, 1.82) is 0 Å². The highest BCUT2D eigenvalue weighted by Gasteiger charge is 2.24. The van der Waals surface area contributed by atoms with Crippen LogP contribution in [0.5, 0.6) is 0 Å². The number of benzene rings is 1. The fourth-order valence-corrected chi connectivity index (χ4v) is 3.41. The molecule has 2 aromatic rings. The molecule has 2 heterocycles. The van der Waals surface area contributed by atoms with E-state index in [-0.39, 0.29) is 11.9 Å². The first kappa shape index (κ1) is 18.5. The van der Waals surface area contributed by atoms with Crippen molar-refractivity contribution < 1.29 is 4.79 Å². The Labute approximate surface area is 156 Å². The first-order valence-corrected chi connectivity index (χ1v) is 9.35. The number of piperazine rings is 1. The number of amides is 1. The van der Waals surface area contributed by atoms with Gasteiger partial charge in [-0.15, -0.1) is 0 Å². The number of aromatic nitrogens is 1. The Kier molecular flexibility index (Phi) is 6.36. The zero-order chi connectivity index (χ0) is 18.4. The van der Waals surface area contributed by atoms with Gasteiger partial charge in [-0.25, -0.2) is 0 Å². The smallest absolute Gasteiger partial charge is 0.241 e. The molecule has 0 N–H and O–H groups in total. The van der Waals surface area contributed by atoms with E-state index in [9.17, 15) is 4.79 Å². The summed E-state index contributed by atoms with van der Waals surface area (Å²) in [4.78, 5) is 23.9. The van der Waals surface area contributed by atoms with E-state index in [1.54, 1.807) is 0 Å². The Morgan fingerprint density at radius 2 is 1.65 bits per heavy atom. The molecular weight excluding hydrogens is 324 g/mol. The maximum absolute atomic E-state index is 12.9. The maximum Gasteiger partial charge on any atom is 0.241 e. The van der Waals surface area contributed by atoms with E-state index in [2.05, 4.69) is 34.7 Å². The van der Waals surface area contributed by atoms with E-state index in [0.29, 0.717) is 6.54 Å². The lowest BCUT2D eigenvalue weighted by Crippen LogP contribution is -2.50. The van der Waals surface area contributed by atoms with E-state index >= 15 is 0 Å². The molecule has 0 radical (unpaired) electrons. The van der Waals surface area contributed by atoms with Gasteiger partial charge in [-0.1, -0.05) is 24.3 Å². The van der Waals surface area contributed by atoms with Crippen LogP contribution < -0.4 is 4.90 Å². The van der Waals surface area contributed by atoms with Crippen molar-refractivity contribution in [3.05, 3.63) is 60.4 Å². The van der Waals surface area contributed by atoms with E-state index in [0.717, 1.165) is 44.1 Å². The summed E-state index contributed by atoms with van der Waals surface area (Å²) < 4.78 is 0. The molecule has 0 unspecified atom stereocenters. The quantitative estimate of drug-likeness (QED) is 0.801. The van der Waals surface area contributed by atoms with E-state index < -0.39 is 0 Å². The van der Waals surface area contributed by atoms with Crippen molar-refractivity contribution in [2.45, 2.75) is 26.4 Å². The van der Waals surface area contributed by atoms with Gasteiger partial charge >= 0.3 is 0 Å². The fourth-order valence-electron chi connectivity index (χ4n) is 3.41. The molecule has 0 bridgehead atoms. The topological polar surface area (TPSA) is 39.7 Å². The number of nitrogens with zero attached hydrogens (tertiary/aromatic N) is 4. The number of hydrogen-bond acceptors (Lipinski definition) is 4. The summed E-state index contributed by atoms with van der Waals surface area (Å²) in [5, 5.41) is 0. The SMILES string of the molecule is CC(C)N(C(=O)CN1CCN(Cc2ccccn2)CC1)c1ccccc1. The Bertz CT molecular complexity index is 682. The standard InChI is InChI=1S/C21H28N4O/c1-18(2)25(20-9-4-3-5-10-20)21(26)17-24-14-12-23(13-15-24)16-19-8-6-7-11-22-19/h3-11,18H,12-17H2,1-2H3. The molecule has 5 heteroatoms. The van der Waals surface area contributed by atoms with Crippen LogP contribution in [-0.2, 0) is 11.3 Å². The lowest BCUT2D eigenvalue weighted by Gasteiger charge is -2.36. The minimum absolute atomic E-state index is 0.148. The van der Waals surface area contributed by atoms with Gasteiger partial charge in [0.1, 0.15) is 0 Å². The molecule has 0 spiro atoms. The summed E-state index contributed by atoms with van der Waals surface area (Å²) in [5.74, 6) is 0.171. The molecule has 1 aliphatic rings. The van der Waals surface area contributed by atoms with Gasteiger partial charge in [0, 0.05) is 50.6 Å². The average molecular weight is 352 g/mol. The molecule has 138 valence electrons. The number of rotatable bonds is 6. The number of hydrogen-bond donors (Lipinski definition) is 0. The predicted octanol–water partition coefficient (Wildman–Crippen LogP) is 2.64. The van der Waals surface area contributed by atoms with Crippen molar-refractivity contribution in [1.82, 2.24) is 14.8 Å². The molecule has 1 saturated heterocycles. The van der Waals surface area contributed by atoms with Crippen LogP contribution in [0.15, 0.2) is 54.7 Å². The van der Waals surface area contributed by atoms with Crippen LogP contribution in [0.1, 0.15) is 19.5 Å². The Morgan fingerprint density at radius 3 is 2.27 bits per heavy atom. The summed E-state index contributed by atoms with van der Waals surface area (Å²) in [5.41, 5.74) is 2.08. The number of anilines is 1. The van der Waals surface area contributed by atoms with E-state index in [1.807, 2.05) is 53.6 Å². The second-order valence-corrected chi connectivity index (χ2v) is 7.07. The monoisotopic (exact) mass is 352 g/mol. The molecule has 0 saturated carbocycles. The van der Waals surface area contributed by atoms with Crippen LogP contribution in [0.2, 0.25) is 0 Å². The van der Waals surface area contributed by atoms with Crippen molar-refractivity contribution in [3.8, 4) is 0 Å². The fraction of sp³-hybridized carbons (Fsp3) is 0.429. The summed E-state index contributed by atoms with van der Waals surface area (Å²) in [6.07, 6.45) is 1.84. The van der Waals surface area contributed by atoms with Crippen molar-refractivity contribution >= 4 is 11.6 Å². The molecule has 1 fully saturated rings. The van der Waals surface area contributed by atoms with Gasteiger partial charge in [-0.2, -0.15) is 0 Å². The van der Waals surface area contributed by atoms with Crippen LogP contribution in [0.25, 0.3) is 0 Å². The van der Waals surface area contributed by atoms with Gasteiger partial charge in [0.2, 0.25) is 5.91 Å². The minimum atomic E-state index is 0.148. The number of carbonyl (C=O) groups is 1. The second kappa shape index (κ2) is 8.92. The van der Waals surface area contributed by atoms with Gasteiger partial charge in [0.25, 0.3) is 0 Å². The first-order valence-electron chi connectivity index (χ1n) is 9.35. The van der Waals surface area contributed by atoms with Crippen LogP contribution in [-0.4, -0.2) is 59.5 Å². The highest BCUT2D eigenvalue weighted by atomic mass is 16.2. The molecule has 26 heavy (non-hydrogen) atoms. The molecule has 0 aliphatic carbocycles. The maximum atomic E-state index is 12.9. The molecule has 3 rings (SSSR count). The molecule has 0 atom stereocenters. The third-order valence-corrected chi connectivity index (χ3v) is 4.75. The van der Waals surface area contributed by atoms with Crippen LogP contribution in [0.3, 0.4) is 0 Å². The third kappa shape index (κ3) is 4.90. The second-order valence-electron chi connectivity index (χ2n) is 7.07. The van der Waals surface area contributed by atoms with Gasteiger partial charge in [0.15, 0.2) is 0 Å². The van der Waals surface area contributed by atoms with E-state index in [4.69, 9.17) is 0 Å². The van der Waals surface area contributed by atoms with Crippen molar-refractivity contribution in [3.63, 3.8) is 0 Å². The number of pyridine rings is 1. The summed E-state index contributed by atoms with van der Waals surface area (Å²) in [6, 6.07) is 16.1. The minimum Gasteiger partial charge on any atom is -0.309 e. The van der Waals surface area contributed by atoms with Crippen LogP contribution >= 0.6 is 0 Å². The Hall–Kier alpha value is -2.24. The zero-order valence-electron chi connectivity index (χ0n) is 15.7. The highest BCUT2D eigenvalue weighted by molar-refractivity contribution is 5.95. The van der Waals surface area contributed by atoms with Crippen LogP contribution in [0.4, 0.5) is 5.69 Å². The van der Waals surface area contributed by atoms with Gasteiger partial charge < -0.3 is 4.90 Å². The predicted molar refractivity (Wildman–Crippen MR) is 105 cm³/mol. The van der Waals surface area contributed by atoms with Crippen molar-refractivity contribution in [2.24, 2.45) is 0 Å². The third-order valence-electron chi connectivity index (χ3n) is 4.75. The average Bonchev–Trinajstić information content (AvgIpc) is 2.65. The highest BCUT2D eigenvalue weighted by Crippen LogP contribution is 2.17. The van der Waals surface area contributed by atoms with Crippen molar-refractivity contribution in [2.75, 3.05) is 37.6 Å². The summed E-state index contributed by atoms with van der Waals surface area (Å²) in [6.45, 7) is 9.26. The molecular formula is C21H28N4O. The lowest BCUT2D eigenvalue weighted by atomic mass is 10.2. The molecule has 1 amide bonds. The summed E-state index contributed by atoms with van der Waals surface area (Å²) in [7, 11) is 0. The van der Waals surface area contributed by atoms with Gasteiger partial charge in [-0.05, 0) is 38.1 Å². The summed E-state index contributed by atoms with van der Waals surface area (Å²) >= 11 is 0. The Morgan fingerprint density at radius 1 is 1.00 bits per heavy atom. The van der Waals surface area contributed by atoms with Gasteiger partial charge in [0.05, 0.1) is 12.2 Å². The van der Waals surface area contributed by atoms with E-state index in [1.165, 1.54) is 0 Å². The van der Waals surface area contributed by atoms with Gasteiger partial charge in [-0.3, -0.25) is 19.6 Å². The van der Waals surface area contributed by atoms with Crippen LogP contribution in [0, 0.1) is 0 Å². The molecule has 1 aromatic carbocycles. The number of para-hydroxylation sites is 1. The molecule has 1 aromatic heterocycles. The zero-order valence-corrected chi connectivity index (χ0v) is 15.7. The Balaban J connectivity index is 1.52. The largest absolute Gasteiger partial charge is 0.309 e. The number of carbonyl (C=O) groups excluding carboxylic acids is 1. The lowest BCUT2D eigenvalue weighted by molar-refractivity contribution is -0.120. The molecule has 1 aliphatic heterocycles. The normalized spacial score (nSPS) is 16.0.